The number of allylic oxidation sites excluding steroid dienone is 2. The molecule has 0 bridgehead atoms. The zero-order valence-electron chi connectivity index (χ0n) is 25.1. The van der Waals surface area contributed by atoms with Gasteiger partial charge in [-0.05, 0) is 38.5 Å². The largest absolute Gasteiger partial charge is 0.472 e. The number of nitrogens with two attached hydrogens (primary N) is 1. The van der Waals surface area contributed by atoms with E-state index in [9.17, 15) is 14.3 Å². The number of phosphoric ester groups is 1. The molecule has 3 N–H and O–H groups in total. The lowest BCUT2D eigenvalue weighted by atomic mass is 10.1. The van der Waals surface area contributed by atoms with Crippen LogP contribution < -0.4 is 5.73 Å². The Morgan fingerprint density at radius 3 is 1.90 bits per heavy atom. The quantitative estimate of drug-likeness (QED) is 0.0381. The van der Waals surface area contributed by atoms with Crippen LogP contribution in [0.4, 0.5) is 0 Å². The minimum Gasteiger partial charge on any atom is -0.457 e. The fourth-order valence-electron chi connectivity index (χ4n) is 4.11. The summed E-state index contributed by atoms with van der Waals surface area (Å²) >= 11 is 0. The molecule has 0 rings (SSSR count). The molecule has 9 heteroatoms. The highest BCUT2D eigenvalue weighted by molar-refractivity contribution is 7.47. The van der Waals surface area contributed by atoms with Crippen molar-refractivity contribution >= 4 is 13.8 Å². The molecule has 0 radical (unpaired) electrons. The number of esters is 1. The van der Waals surface area contributed by atoms with E-state index in [1.54, 1.807) is 0 Å². The Hall–Kier alpha value is -0.760. The SMILES string of the molecule is CCCCCC/C=C\CCCCCCCCOCC(COP(=O)(O)OCCN)OC(=O)CCCCCCCC. The van der Waals surface area contributed by atoms with Crippen molar-refractivity contribution in [2.75, 3.05) is 33.0 Å². The maximum atomic E-state index is 12.3. The van der Waals surface area contributed by atoms with Crippen molar-refractivity contribution in [3.8, 4) is 0 Å². The maximum absolute atomic E-state index is 12.3. The molecule has 0 aliphatic heterocycles. The van der Waals surface area contributed by atoms with E-state index < -0.39 is 13.9 Å². The van der Waals surface area contributed by atoms with E-state index in [0.29, 0.717) is 13.0 Å². The molecule has 0 saturated heterocycles. The van der Waals surface area contributed by atoms with Gasteiger partial charge in [-0.3, -0.25) is 13.8 Å². The second-order valence-corrected chi connectivity index (χ2v) is 11.8. The van der Waals surface area contributed by atoms with Crippen LogP contribution in [0.25, 0.3) is 0 Å². The molecular weight excluding hydrogens is 517 g/mol. The molecule has 0 amide bonds. The zero-order valence-corrected chi connectivity index (χ0v) is 26.0. The lowest BCUT2D eigenvalue weighted by molar-refractivity contribution is -0.154. The topological polar surface area (TPSA) is 117 Å². The van der Waals surface area contributed by atoms with Crippen LogP contribution in [0.2, 0.25) is 0 Å². The number of ether oxygens (including phenoxy) is 2. The molecule has 232 valence electrons. The normalized spacial score (nSPS) is 14.1. The van der Waals surface area contributed by atoms with Gasteiger partial charge in [0.1, 0.15) is 6.10 Å². The number of carbonyl (C=O) groups excluding carboxylic acids is 1. The lowest BCUT2D eigenvalue weighted by Gasteiger charge is -2.20. The number of carbonyl (C=O) groups is 1. The van der Waals surface area contributed by atoms with E-state index in [1.165, 1.54) is 83.5 Å². The minimum atomic E-state index is -4.25. The fourth-order valence-corrected chi connectivity index (χ4v) is 4.87. The number of hydrogen-bond acceptors (Lipinski definition) is 7. The van der Waals surface area contributed by atoms with Crippen molar-refractivity contribution in [2.45, 2.75) is 142 Å². The summed E-state index contributed by atoms with van der Waals surface area (Å²) in [6.07, 6.45) is 25.3. The molecule has 2 unspecified atom stereocenters. The lowest BCUT2D eigenvalue weighted by Crippen LogP contribution is -2.28. The predicted octanol–water partition coefficient (Wildman–Crippen LogP) is 8.02. The molecule has 0 aliphatic rings. The highest BCUT2D eigenvalue weighted by Gasteiger charge is 2.25. The van der Waals surface area contributed by atoms with Crippen LogP contribution in [0.15, 0.2) is 12.2 Å². The van der Waals surface area contributed by atoms with E-state index in [-0.39, 0.29) is 32.3 Å². The zero-order chi connectivity index (χ0) is 28.9. The van der Waals surface area contributed by atoms with Crippen LogP contribution >= 0.6 is 7.82 Å². The van der Waals surface area contributed by atoms with Crippen molar-refractivity contribution < 1.29 is 32.8 Å². The molecule has 8 nitrogen and oxygen atoms in total. The number of phosphoric acid groups is 1. The molecule has 2 atom stereocenters. The van der Waals surface area contributed by atoms with Crippen molar-refractivity contribution in [1.29, 1.82) is 0 Å². The molecule has 0 saturated carbocycles. The molecule has 0 aromatic carbocycles. The first-order chi connectivity index (χ1) is 18.9. The molecule has 0 spiro atoms. The van der Waals surface area contributed by atoms with Gasteiger partial charge in [0, 0.05) is 19.6 Å². The first kappa shape index (κ1) is 38.2. The molecular formula is C30H60NO7P. The highest BCUT2D eigenvalue weighted by Crippen LogP contribution is 2.43. The third kappa shape index (κ3) is 28.6. The van der Waals surface area contributed by atoms with Crippen molar-refractivity contribution in [1.82, 2.24) is 0 Å². The van der Waals surface area contributed by atoms with E-state index in [4.69, 9.17) is 24.3 Å². The minimum absolute atomic E-state index is 0.0947. The van der Waals surface area contributed by atoms with Crippen molar-refractivity contribution in [3.05, 3.63) is 12.2 Å². The Morgan fingerprint density at radius 1 is 0.744 bits per heavy atom. The summed E-state index contributed by atoms with van der Waals surface area (Å²) < 4.78 is 32.9. The van der Waals surface area contributed by atoms with E-state index in [0.717, 1.165) is 32.1 Å². The van der Waals surface area contributed by atoms with Gasteiger partial charge in [-0.2, -0.15) is 0 Å². The Bertz CT molecular complexity index is 618. The van der Waals surface area contributed by atoms with Gasteiger partial charge in [0.2, 0.25) is 0 Å². The van der Waals surface area contributed by atoms with Crippen LogP contribution in [0, 0.1) is 0 Å². The average Bonchev–Trinajstić information content (AvgIpc) is 2.92. The third-order valence-electron chi connectivity index (χ3n) is 6.43. The Kier molecular flexibility index (Phi) is 28.2. The van der Waals surface area contributed by atoms with Gasteiger partial charge in [-0.15, -0.1) is 0 Å². The van der Waals surface area contributed by atoms with Gasteiger partial charge in [-0.25, -0.2) is 4.57 Å². The summed E-state index contributed by atoms with van der Waals surface area (Å²) in [7, 11) is -4.25. The van der Waals surface area contributed by atoms with Gasteiger partial charge >= 0.3 is 13.8 Å². The highest BCUT2D eigenvalue weighted by atomic mass is 31.2. The van der Waals surface area contributed by atoms with Crippen LogP contribution in [-0.2, 0) is 27.9 Å². The summed E-state index contributed by atoms with van der Waals surface area (Å²) in [4.78, 5) is 22.0. The van der Waals surface area contributed by atoms with Crippen LogP contribution in [0.1, 0.15) is 136 Å². The Morgan fingerprint density at radius 2 is 1.28 bits per heavy atom. The van der Waals surface area contributed by atoms with Crippen LogP contribution in [-0.4, -0.2) is 49.9 Å². The average molecular weight is 578 g/mol. The second kappa shape index (κ2) is 28.8. The Labute approximate surface area is 239 Å². The van der Waals surface area contributed by atoms with Crippen molar-refractivity contribution in [3.63, 3.8) is 0 Å². The van der Waals surface area contributed by atoms with Crippen LogP contribution in [0.5, 0.6) is 0 Å². The van der Waals surface area contributed by atoms with E-state index in [2.05, 4.69) is 26.0 Å². The molecule has 39 heavy (non-hydrogen) atoms. The Balaban J connectivity index is 4.08. The first-order valence-electron chi connectivity index (χ1n) is 15.7. The fraction of sp³-hybridized carbons (Fsp3) is 0.900. The van der Waals surface area contributed by atoms with Crippen LogP contribution in [0.3, 0.4) is 0 Å². The summed E-state index contributed by atoms with van der Waals surface area (Å²) in [6, 6.07) is 0. The number of unbranched alkanes of at least 4 members (excludes halogenated alkanes) is 15. The number of hydrogen-bond donors (Lipinski definition) is 2. The van der Waals surface area contributed by atoms with Gasteiger partial charge in [0.05, 0.1) is 19.8 Å². The first-order valence-corrected chi connectivity index (χ1v) is 17.2. The monoisotopic (exact) mass is 577 g/mol. The van der Waals surface area contributed by atoms with E-state index in [1.807, 2.05) is 0 Å². The summed E-state index contributed by atoms with van der Waals surface area (Å²) in [5.74, 6) is -0.343. The smallest absolute Gasteiger partial charge is 0.457 e. The molecule has 0 fully saturated rings. The molecule has 0 aliphatic carbocycles. The molecule has 0 aromatic heterocycles. The molecule has 0 heterocycles. The second-order valence-electron chi connectivity index (χ2n) is 10.3. The summed E-state index contributed by atoms with van der Waals surface area (Å²) in [6.45, 7) is 4.82. The van der Waals surface area contributed by atoms with Gasteiger partial charge in [0.25, 0.3) is 0 Å². The van der Waals surface area contributed by atoms with E-state index >= 15 is 0 Å². The van der Waals surface area contributed by atoms with Gasteiger partial charge in [-0.1, -0.05) is 103 Å². The summed E-state index contributed by atoms with van der Waals surface area (Å²) in [5, 5.41) is 0. The van der Waals surface area contributed by atoms with Gasteiger partial charge in [0.15, 0.2) is 0 Å². The van der Waals surface area contributed by atoms with Crippen molar-refractivity contribution in [2.24, 2.45) is 5.73 Å². The third-order valence-corrected chi connectivity index (χ3v) is 7.42. The maximum Gasteiger partial charge on any atom is 0.472 e. The standard InChI is InChI=1S/C30H60NO7P/c1-3-5-7-9-11-12-13-14-15-16-17-18-20-22-25-35-27-29(28-37-39(33,34)36-26-24-31)38-30(32)23-21-19-10-8-6-4-2/h12-13,29H,3-11,14-28,31H2,1-2H3,(H,33,34)/b13-12-. The predicted molar refractivity (Wildman–Crippen MR) is 160 cm³/mol. The van der Waals surface area contributed by atoms with Gasteiger partial charge < -0.3 is 20.1 Å². The molecule has 0 aromatic rings. The summed E-state index contributed by atoms with van der Waals surface area (Å²) in [5.41, 5.74) is 5.31. The number of rotatable bonds is 30.